The van der Waals surface area contributed by atoms with Crippen LogP contribution in [0.25, 0.3) is 0 Å². The van der Waals surface area contributed by atoms with Crippen LogP contribution in [-0.4, -0.2) is 66.6 Å². The summed E-state index contributed by atoms with van der Waals surface area (Å²) in [5.41, 5.74) is 0.218. The largest absolute Gasteiger partial charge is 0.480 e. The fraction of sp³-hybridized carbons (Fsp3) is 0.273. The number of nitrogens with one attached hydrogen (secondary N) is 1. The van der Waals surface area contributed by atoms with Crippen molar-refractivity contribution in [2.24, 2.45) is 5.16 Å². The maximum absolute atomic E-state index is 13.0. The number of amides is 1. The zero-order valence-corrected chi connectivity index (χ0v) is 19.9. The van der Waals surface area contributed by atoms with Crippen LogP contribution in [0.5, 0.6) is 5.88 Å². The van der Waals surface area contributed by atoms with Crippen LogP contribution in [-0.2, 0) is 30.8 Å². The fourth-order valence-corrected chi connectivity index (χ4v) is 4.06. The Balaban J connectivity index is 1.82. The molecule has 0 bridgehead atoms. The number of carbonyl (C=O) groups is 1. The van der Waals surface area contributed by atoms with Gasteiger partial charge in [-0.2, -0.15) is 0 Å². The molecule has 0 spiro atoms. The van der Waals surface area contributed by atoms with Gasteiger partial charge in [0.15, 0.2) is 33.8 Å². The van der Waals surface area contributed by atoms with Gasteiger partial charge in [-0.25, -0.2) is 28.4 Å². The highest BCUT2D eigenvalue weighted by molar-refractivity contribution is 7.91. The molecule has 0 aliphatic heterocycles. The maximum Gasteiger partial charge on any atom is 0.279 e. The number of hydrogen-bond donors (Lipinski definition) is 1. The summed E-state index contributed by atoms with van der Waals surface area (Å²) < 4.78 is 34.9. The summed E-state index contributed by atoms with van der Waals surface area (Å²) in [6.45, 7) is 0.261. The summed E-state index contributed by atoms with van der Waals surface area (Å²) in [5.74, 6) is 0.110. The third-order valence-corrected chi connectivity index (χ3v) is 6.33. The van der Waals surface area contributed by atoms with E-state index in [-0.39, 0.29) is 34.7 Å². The van der Waals surface area contributed by atoms with E-state index in [1.54, 1.807) is 18.5 Å². The van der Waals surface area contributed by atoms with Gasteiger partial charge in [0, 0.05) is 31.7 Å². The normalized spacial score (nSPS) is 11.7. The average molecular weight is 501 g/mol. The van der Waals surface area contributed by atoms with E-state index in [9.17, 15) is 13.2 Å². The summed E-state index contributed by atoms with van der Waals surface area (Å²) in [5, 5.41) is 6.53. The molecule has 0 aliphatic carbocycles. The van der Waals surface area contributed by atoms with E-state index in [1.165, 1.54) is 50.9 Å². The molecule has 2 heterocycles. The zero-order valence-electron chi connectivity index (χ0n) is 19.1. The molecule has 12 nitrogen and oxygen atoms in total. The second-order valence-electron chi connectivity index (χ2n) is 6.97. The monoisotopic (exact) mass is 500 g/mol. The molecule has 3 aromatic rings. The number of nitrogens with zero attached hydrogens (tertiary/aromatic N) is 5. The number of benzene rings is 1. The highest BCUT2D eigenvalue weighted by Crippen LogP contribution is 2.15. The van der Waals surface area contributed by atoms with Crippen LogP contribution in [0, 0.1) is 0 Å². The molecule has 3 rings (SSSR count). The summed E-state index contributed by atoms with van der Waals surface area (Å²) >= 11 is 0. The predicted octanol–water partition coefficient (Wildman–Crippen LogP) is 1.64. The molecule has 0 saturated heterocycles. The molecule has 1 N–H and O–H groups in total. The Morgan fingerprint density at radius 1 is 1.03 bits per heavy atom. The lowest BCUT2D eigenvalue weighted by Crippen LogP contribution is -2.25. The van der Waals surface area contributed by atoms with Crippen molar-refractivity contribution >= 4 is 27.3 Å². The van der Waals surface area contributed by atoms with Gasteiger partial charge in [0.05, 0.1) is 30.2 Å². The van der Waals surface area contributed by atoms with Crippen molar-refractivity contribution in [1.82, 2.24) is 19.9 Å². The number of hydrogen-bond acceptors (Lipinski definition) is 11. The van der Waals surface area contributed by atoms with Crippen LogP contribution in [0.3, 0.4) is 0 Å². The quantitative estimate of drug-likeness (QED) is 0.220. The number of anilines is 1. The minimum Gasteiger partial charge on any atom is -0.480 e. The molecule has 13 heteroatoms. The number of oxime groups is 1. The molecule has 35 heavy (non-hydrogen) atoms. The van der Waals surface area contributed by atoms with Gasteiger partial charge < -0.3 is 19.6 Å². The molecule has 0 fully saturated rings. The van der Waals surface area contributed by atoms with Crippen molar-refractivity contribution in [3.8, 4) is 5.88 Å². The summed E-state index contributed by atoms with van der Waals surface area (Å²) in [7, 11) is -0.544. The van der Waals surface area contributed by atoms with E-state index in [2.05, 4.69) is 30.4 Å². The van der Waals surface area contributed by atoms with Gasteiger partial charge in [0.2, 0.25) is 5.88 Å². The average Bonchev–Trinajstić information content (AvgIpc) is 2.88. The van der Waals surface area contributed by atoms with E-state index in [1.807, 2.05) is 0 Å². The maximum atomic E-state index is 13.0. The number of sulfone groups is 1. The second-order valence-corrected chi connectivity index (χ2v) is 9.08. The number of methoxy groups -OCH3 is 2. The molecule has 0 radical (unpaired) electrons. The Bertz CT molecular complexity index is 1240. The molecular formula is C22H24N6O6S. The molecule has 0 atom stereocenters. The predicted molar refractivity (Wildman–Crippen MR) is 126 cm³/mol. The van der Waals surface area contributed by atoms with Crippen LogP contribution < -0.4 is 10.1 Å². The summed E-state index contributed by atoms with van der Waals surface area (Å²) in [4.78, 5) is 34.5. The van der Waals surface area contributed by atoms with Crippen molar-refractivity contribution in [3.05, 3.63) is 66.5 Å². The van der Waals surface area contributed by atoms with E-state index in [0.29, 0.717) is 24.4 Å². The number of ether oxygens (including phenoxy) is 2. The van der Waals surface area contributed by atoms with Crippen LogP contribution >= 0.6 is 0 Å². The van der Waals surface area contributed by atoms with Gasteiger partial charge in [0.25, 0.3) is 5.91 Å². The number of carbonyl (C=O) groups excluding carboxylic acids is 1. The first-order valence-electron chi connectivity index (χ1n) is 10.4. The second kappa shape index (κ2) is 12.5. The van der Waals surface area contributed by atoms with Crippen molar-refractivity contribution in [3.63, 3.8) is 0 Å². The Kier molecular flexibility index (Phi) is 9.15. The molecule has 1 amide bonds. The van der Waals surface area contributed by atoms with Gasteiger partial charge in [-0.05, 0) is 24.6 Å². The first-order valence-corrected chi connectivity index (χ1v) is 12.0. The molecule has 0 saturated carbocycles. The number of aromatic nitrogens is 4. The Hall–Kier alpha value is -3.97. The van der Waals surface area contributed by atoms with E-state index >= 15 is 0 Å². The molecule has 184 valence electrons. The number of rotatable bonds is 12. The molecule has 2 aromatic heterocycles. The highest BCUT2D eigenvalue weighted by Gasteiger charge is 2.19. The zero-order chi connectivity index (χ0) is 25.1. The smallest absolute Gasteiger partial charge is 0.279 e. The van der Waals surface area contributed by atoms with Gasteiger partial charge in [-0.3, -0.25) is 4.79 Å². The van der Waals surface area contributed by atoms with Gasteiger partial charge in [-0.1, -0.05) is 17.3 Å². The first kappa shape index (κ1) is 25.6. The standard InChI is InChI=1S/C22H24N6O6S/c1-32-11-4-12-35(30,31)17-7-5-16(6-8-17)21(28-34-15-19-23-9-3-10-24-19)22(29)27-18-13-26-20(33-2)14-25-18/h3,5-10,13-14H,4,11-12,15H2,1-2H3,(H,25,27,29)/b28-21+. The van der Waals surface area contributed by atoms with Crippen molar-refractivity contribution < 1.29 is 27.5 Å². The van der Waals surface area contributed by atoms with Gasteiger partial charge in [-0.15, -0.1) is 0 Å². The third-order valence-electron chi connectivity index (χ3n) is 4.51. The lowest BCUT2D eigenvalue weighted by Gasteiger charge is -2.09. The first-order chi connectivity index (χ1) is 16.9. The molecule has 0 unspecified atom stereocenters. The fourth-order valence-electron chi connectivity index (χ4n) is 2.78. The lowest BCUT2D eigenvalue weighted by molar-refractivity contribution is -0.110. The van der Waals surface area contributed by atoms with Crippen LogP contribution in [0.4, 0.5) is 5.82 Å². The van der Waals surface area contributed by atoms with E-state index < -0.39 is 15.7 Å². The van der Waals surface area contributed by atoms with Crippen LogP contribution in [0.2, 0.25) is 0 Å². The lowest BCUT2D eigenvalue weighted by atomic mass is 10.1. The molecule has 1 aromatic carbocycles. The summed E-state index contributed by atoms with van der Waals surface area (Å²) in [6, 6.07) is 7.43. The van der Waals surface area contributed by atoms with Gasteiger partial charge >= 0.3 is 0 Å². The van der Waals surface area contributed by atoms with Gasteiger partial charge in [0.1, 0.15) is 0 Å². The van der Waals surface area contributed by atoms with Crippen molar-refractivity contribution in [2.75, 3.05) is 31.9 Å². The van der Waals surface area contributed by atoms with Crippen LogP contribution in [0.15, 0.2) is 65.2 Å². The SMILES string of the molecule is COCCCS(=O)(=O)c1ccc(/C(=N\OCc2ncccn2)C(=O)Nc2cnc(OC)cn2)cc1. The Morgan fingerprint density at radius 2 is 1.77 bits per heavy atom. The van der Waals surface area contributed by atoms with E-state index in [4.69, 9.17) is 14.3 Å². The van der Waals surface area contributed by atoms with Crippen molar-refractivity contribution in [1.29, 1.82) is 0 Å². The third kappa shape index (κ3) is 7.52. The molecular weight excluding hydrogens is 476 g/mol. The summed E-state index contributed by atoms with van der Waals surface area (Å²) in [6.07, 6.45) is 6.14. The topological polar surface area (TPSA) is 155 Å². The van der Waals surface area contributed by atoms with E-state index in [0.717, 1.165) is 0 Å². The molecule has 0 aliphatic rings. The Morgan fingerprint density at radius 3 is 2.40 bits per heavy atom. The highest BCUT2D eigenvalue weighted by atomic mass is 32.2. The minimum atomic E-state index is -3.50. The van der Waals surface area contributed by atoms with Crippen LogP contribution in [0.1, 0.15) is 17.8 Å². The Labute approximate surface area is 202 Å². The van der Waals surface area contributed by atoms with Crippen molar-refractivity contribution in [2.45, 2.75) is 17.9 Å². The minimum absolute atomic E-state index is 0.0576.